The van der Waals surface area contributed by atoms with Gasteiger partial charge in [0.25, 0.3) is 0 Å². The van der Waals surface area contributed by atoms with Crippen LogP contribution in [0.15, 0.2) is 67.1 Å². The molecule has 0 aliphatic carbocycles. The van der Waals surface area contributed by atoms with E-state index >= 15 is 0 Å². The third kappa shape index (κ3) is 2.94. The van der Waals surface area contributed by atoms with Crippen molar-refractivity contribution in [1.29, 1.82) is 0 Å². The lowest BCUT2D eigenvalue weighted by Gasteiger charge is -2.07. The Morgan fingerprint density at radius 1 is 0.941 bits per heavy atom. The normalized spacial score (nSPS) is 11.3. The van der Waals surface area contributed by atoms with Crippen LogP contribution in [0, 0.1) is 0 Å². The molecule has 0 N–H and O–H groups in total. The molecule has 0 unspecified atom stereocenters. The van der Waals surface area contributed by atoms with Gasteiger partial charge >= 0.3 is 0 Å². The summed E-state index contributed by atoms with van der Waals surface area (Å²) in [4.78, 5) is 2.06. The SMILES string of the molecule is CN(C)C=C(c1ccccc1)[n+]1ccccc1. The number of benzene rings is 1. The first kappa shape index (κ1) is 11.4. The van der Waals surface area contributed by atoms with Crippen LogP contribution in [-0.2, 0) is 0 Å². The van der Waals surface area contributed by atoms with Crippen LogP contribution in [-0.4, -0.2) is 19.0 Å². The van der Waals surface area contributed by atoms with Crippen LogP contribution in [0.5, 0.6) is 0 Å². The van der Waals surface area contributed by atoms with Crippen molar-refractivity contribution in [2.45, 2.75) is 0 Å². The number of hydrogen-bond acceptors (Lipinski definition) is 1. The zero-order chi connectivity index (χ0) is 12.1. The van der Waals surface area contributed by atoms with Gasteiger partial charge in [-0.1, -0.05) is 24.3 Å². The second-order valence-corrected chi connectivity index (χ2v) is 4.13. The summed E-state index contributed by atoms with van der Waals surface area (Å²) >= 11 is 0. The summed E-state index contributed by atoms with van der Waals surface area (Å²) in [7, 11) is 4.07. The van der Waals surface area contributed by atoms with Gasteiger partial charge in [0.2, 0.25) is 5.70 Å². The van der Waals surface area contributed by atoms with Crippen molar-refractivity contribution in [2.75, 3.05) is 14.1 Å². The van der Waals surface area contributed by atoms with Gasteiger partial charge in [-0.3, -0.25) is 0 Å². The minimum absolute atomic E-state index is 1.16. The van der Waals surface area contributed by atoms with Gasteiger partial charge in [-0.2, -0.15) is 4.57 Å². The number of rotatable bonds is 3. The maximum atomic E-state index is 2.12. The number of aromatic nitrogens is 1. The average molecular weight is 225 g/mol. The average Bonchev–Trinajstić information content (AvgIpc) is 2.38. The lowest BCUT2D eigenvalue weighted by atomic mass is 10.1. The molecule has 1 aromatic carbocycles. The second-order valence-electron chi connectivity index (χ2n) is 4.13. The van der Waals surface area contributed by atoms with Gasteiger partial charge in [0.1, 0.15) is 0 Å². The quantitative estimate of drug-likeness (QED) is 0.727. The molecule has 0 saturated carbocycles. The Morgan fingerprint density at radius 3 is 2.12 bits per heavy atom. The molecule has 2 aromatic rings. The van der Waals surface area contributed by atoms with Crippen LogP contribution < -0.4 is 4.57 Å². The Labute approximate surface area is 102 Å². The maximum Gasteiger partial charge on any atom is 0.233 e. The number of pyridine rings is 1. The summed E-state index contributed by atoms with van der Waals surface area (Å²) in [6, 6.07) is 16.5. The summed E-state index contributed by atoms with van der Waals surface area (Å²) in [5.74, 6) is 0. The predicted molar refractivity (Wildman–Crippen MR) is 70.1 cm³/mol. The summed E-state index contributed by atoms with van der Waals surface area (Å²) in [6.45, 7) is 0. The summed E-state index contributed by atoms with van der Waals surface area (Å²) in [5.41, 5.74) is 2.37. The lowest BCUT2D eigenvalue weighted by molar-refractivity contribution is -0.579. The standard InChI is InChI=1S/C15H17N2/c1-16(2)13-15(14-9-5-3-6-10-14)17-11-7-4-8-12-17/h3-13H,1-2H3/q+1. The van der Waals surface area contributed by atoms with Crippen LogP contribution in [0.4, 0.5) is 0 Å². The number of nitrogens with zero attached hydrogens (tertiary/aromatic N) is 2. The van der Waals surface area contributed by atoms with Crippen LogP contribution >= 0.6 is 0 Å². The van der Waals surface area contributed by atoms with E-state index < -0.39 is 0 Å². The maximum absolute atomic E-state index is 2.12. The fourth-order valence-electron chi connectivity index (χ4n) is 1.70. The molecule has 0 bridgehead atoms. The molecule has 0 amide bonds. The van der Waals surface area contributed by atoms with Crippen molar-refractivity contribution >= 4 is 5.70 Å². The summed E-state index contributed by atoms with van der Waals surface area (Å²) in [6.07, 6.45) is 6.24. The molecule has 1 heterocycles. The molecule has 0 aliphatic rings. The Bertz CT molecular complexity index is 445. The highest BCUT2D eigenvalue weighted by atomic mass is 15.1. The second kappa shape index (κ2) is 5.30. The first-order valence-electron chi connectivity index (χ1n) is 5.68. The van der Waals surface area contributed by atoms with Gasteiger partial charge in [-0.15, -0.1) is 0 Å². The van der Waals surface area contributed by atoms with E-state index in [1.165, 1.54) is 5.56 Å². The first-order valence-corrected chi connectivity index (χ1v) is 5.68. The zero-order valence-electron chi connectivity index (χ0n) is 10.2. The van der Waals surface area contributed by atoms with Crippen molar-refractivity contribution in [2.24, 2.45) is 0 Å². The van der Waals surface area contributed by atoms with Crippen molar-refractivity contribution < 1.29 is 4.57 Å². The molecule has 0 aliphatic heterocycles. The smallest absolute Gasteiger partial charge is 0.233 e. The van der Waals surface area contributed by atoms with Crippen molar-refractivity contribution in [3.63, 3.8) is 0 Å². The van der Waals surface area contributed by atoms with E-state index in [9.17, 15) is 0 Å². The zero-order valence-corrected chi connectivity index (χ0v) is 10.2. The molecule has 0 saturated heterocycles. The van der Waals surface area contributed by atoms with Crippen LogP contribution in [0.25, 0.3) is 5.70 Å². The molecule has 0 spiro atoms. The minimum Gasteiger partial charge on any atom is -0.378 e. The summed E-state index contributed by atoms with van der Waals surface area (Å²) in [5, 5.41) is 0. The third-order valence-corrected chi connectivity index (χ3v) is 2.44. The summed E-state index contributed by atoms with van der Waals surface area (Å²) < 4.78 is 2.12. The third-order valence-electron chi connectivity index (χ3n) is 2.44. The van der Waals surface area contributed by atoms with Crippen molar-refractivity contribution in [1.82, 2.24) is 4.90 Å². The Hall–Kier alpha value is -2.09. The Morgan fingerprint density at radius 2 is 1.53 bits per heavy atom. The van der Waals surface area contributed by atoms with Crippen molar-refractivity contribution in [3.8, 4) is 0 Å². The van der Waals surface area contributed by atoms with Crippen LogP contribution in [0.3, 0.4) is 0 Å². The van der Waals surface area contributed by atoms with E-state index in [0.29, 0.717) is 0 Å². The predicted octanol–water partition coefficient (Wildman–Crippen LogP) is 2.38. The fourth-order valence-corrected chi connectivity index (χ4v) is 1.70. The van der Waals surface area contributed by atoms with E-state index in [4.69, 9.17) is 0 Å². The van der Waals surface area contributed by atoms with Gasteiger partial charge in [0.15, 0.2) is 12.4 Å². The Kier molecular flexibility index (Phi) is 3.55. The van der Waals surface area contributed by atoms with Gasteiger partial charge in [-0.05, 0) is 12.1 Å². The monoisotopic (exact) mass is 225 g/mol. The molecule has 2 rings (SSSR count). The van der Waals surface area contributed by atoms with E-state index in [-0.39, 0.29) is 0 Å². The molecule has 0 atom stereocenters. The lowest BCUT2D eigenvalue weighted by Crippen LogP contribution is -2.32. The van der Waals surface area contributed by atoms with Crippen LogP contribution in [0.2, 0.25) is 0 Å². The molecule has 2 nitrogen and oxygen atoms in total. The molecular formula is C15H17N2+. The topological polar surface area (TPSA) is 7.12 Å². The molecule has 1 aromatic heterocycles. The van der Waals surface area contributed by atoms with E-state index in [1.807, 2.05) is 38.4 Å². The highest BCUT2D eigenvalue weighted by molar-refractivity contribution is 5.57. The highest BCUT2D eigenvalue weighted by Crippen LogP contribution is 2.10. The van der Waals surface area contributed by atoms with E-state index in [2.05, 4.69) is 52.3 Å². The molecular weight excluding hydrogens is 208 g/mol. The van der Waals surface area contributed by atoms with E-state index in [0.717, 1.165) is 5.70 Å². The van der Waals surface area contributed by atoms with Crippen molar-refractivity contribution in [3.05, 3.63) is 72.7 Å². The van der Waals surface area contributed by atoms with E-state index in [1.54, 1.807) is 0 Å². The van der Waals surface area contributed by atoms with Crippen LogP contribution in [0.1, 0.15) is 5.56 Å². The largest absolute Gasteiger partial charge is 0.378 e. The first-order chi connectivity index (χ1) is 8.27. The Balaban J connectivity index is 2.47. The molecule has 86 valence electrons. The molecule has 0 fully saturated rings. The van der Waals surface area contributed by atoms with Gasteiger partial charge in [-0.25, -0.2) is 0 Å². The molecule has 0 radical (unpaired) electrons. The van der Waals surface area contributed by atoms with Gasteiger partial charge < -0.3 is 4.90 Å². The fraction of sp³-hybridized carbons (Fsp3) is 0.133. The number of hydrogen-bond donors (Lipinski definition) is 0. The van der Waals surface area contributed by atoms with Gasteiger partial charge in [0.05, 0.1) is 6.20 Å². The highest BCUT2D eigenvalue weighted by Gasteiger charge is 2.11. The van der Waals surface area contributed by atoms with Gasteiger partial charge in [0, 0.05) is 31.8 Å². The minimum atomic E-state index is 1.16. The molecule has 17 heavy (non-hydrogen) atoms. The molecule has 2 heteroatoms.